The zero-order chi connectivity index (χ0) is 24.9. The number of pyridine rings is 1. The molecule has 9 nitrogen and oxygen atoms in total. The van der Waals surface area contributed by atoms with Crippen molar-refractivity contribution in [3.8, 4) is 11.1 Å². The maximum absolute atomic E-state index is 13.1. The first-order chi connectivity index (χ1) is 17.4. The average molecular weight is 505 g/mol. The van der Waals surface area contributed by atoms with Gasteiger partial charge in [0.25, 0.3) is 10.0 Å². The zero-order valence-corrected chi connectivity index (χ0v) is 20.9. The number of sulfonamides is 1. The molecule has 0 unspecified atom stereocenters. The highest BCUT2D eigenvalue weighted by atomic mass is 32.2. The lowest BCUT2D eigenvalue weighted by Gasteiger charge is -2.24. The first kappa shape index (κ1) is 22.8. The van der Waals surface area contributed by atoms with Gasteiger partial charge in [0, 0.05) is 30.7 Å². The summed E-state index contributed by atoms with van der Waals surface area (Å²) in [4.78, 5) is 13.0. The summed E-state index contributed by atoms with van der Waals surface area (Å²) in [5.41, 5.74) is 6.70. The molecule has 3 heterocycles. The molecule has 4 aromatic rings. The van der Waals surface area contributed by atoms with E-state index in [1.165, 1.54) is 24.4 Å². The third-order valence-corrected chi connectivity index (χ3v) is 8.63. The van der Waals surface area contributed by atoms with Crippen LogP contribution in [0.2, 0.25) is 0 Å². The van der Waals surface area contributed by atoms with E-state index in [0.717, 1.165) is 59.9 Å². The number of nitrogens with zero attached hydrogens (tertiary/aromatic N) is 4. The number of hydrogen-bond acceptors (Lipinski definition) is 5. The summed E-state index contributed by atoms with van der Waals surface area (Å²) in [5, 5.41) is 11.3. The molecule has 0 atom stereocenters. The summed E-state index contributed by atoms with van der Waals surface area (Å²) in [6, 6.07) is 7.29. The number of carbonyl (C=O) groups is 1. The van der Waals surface area contributed by atoms with Crippen molar-refractivity contribution in [3.05, 3.63) is 65.7 Å². The largest absolute Gasteiger partial charge is 0.333 e. The summed E-state index contributed by atoms with van der Waals surface area (Å²) in [7, 11) is -4.06. The van der Waals surface area contributed by atoms with Crippen molar-refractivity contribution in [2.75, 3.05) is 5.32 Å². The Morgan fingerprint density at radius 1 is 1.14 bits per heavy atom. The van der Waals surface area contributed by atoms with E-state index >= 15 is 0 Å². The molecule has 186 valence electrons. The lowest BCUT2D eigenvalue weighted by Crippen LogP contribution is -2.34. The van der Waals surface area contributed by atoms with Gasteiger partial charge in [-0.25, -0.2) is 22.4 Å². The van der Waals surface area contributed by atoms with Gasteiger partial charge in [-0.1, -0.05) is 12.5 Å². The predicted molar refractivity (Wildman–Crippen MR) is 136 cm³/mol. The SMILES string of the molecule is Cc1cc2c(c(NC(=O)NS(=O)(=O)c3cnn(CC4CCC4)c3)c1-c1ccn3nccc3c1)CCC2. The first-order valence-corrected chi connectivity index (χ1v) is 13.8. The van der Waals surface area contributed by atoms with E-state index < -0.39 is 16.1 Å². The minimum Gasteiger partial charge on any atom is -0.306 e. The highest BCUT2D eigenvalue weighted by Gasteiger charge is 2.26. The fraction of sp³-hybridized carbons (Fsp3) is 0.346. The van der Waals surface area contributed by atoms with Crippen LogP contribution in [-0.4, -0.2) is 33.8 Å². The number of aryl methyl sites for hydroxylation is 2. The number of urea groups is 1. The Bertz CT molecular complexity index is 1580. The summed E-state index contributed by atoms with van der Waals surface area (Å²) in [6.45, 7) is 2.72. The maximum Gasteiger partial charge on any atom is 0.333 e. The maximum atomic E-state index is 13.1. The van der Waals surface area contributed by atoms with Gasteiger partial charge in [-0.3, -0.25) is 4.68 Å². The van der Waals surface area contributed by atoms with Crippen LogP contribution in [0.5, 0.6) is 0 Å². The quantitative estimate of drug-likeness (QED) is 0.407. The Morgan fingerprint density at radius 3 is 2.81 bits per heavy atom. The smallest absolute Gasteiger partial charge is 0.306 e. The highest BCUT2D eigenvalue weighted by molar-refractivity contribution is 7.90. The third-order valence-electron chi connectivity index (χ3n) is 7.34. The molecule has 0 spiro atoms. The molecule has 1 aromatic carbocycles. The Balaban J connectivity index is 1.29. The van der Waals surface area contributed by atoms with Gasteiger partial charge in [0.05, 0.1) is 17.4 Å². The van der Waals surface area contributed by atoms with Gasteiger partial charge in [-0.05, 0) is 85.4 Å². The minimum absolute atomic E-state index is 0.0159. The van der Waals surface area contributed by atoms with Crippen LogP contribution in [0, 0.1) is 12.8 Å². The normalized spacial score (nSPS) is 15.6. The molecule has 36 heavy (non-hydrogen) atoms. The summed E-state index contributed by atoms with van der Waals surface area (Å²) in [5.74, 6) is 0.542. The van der Waals surface area contributed by atoms with Crippen molar-refractivity contribution >= 4 is 27.3 Å². The van der Waals surface area contributed by atoms with Gasteiger partial charge < -0.3 is 5.32 Å². The Morgan fingerprint density at radius 2 is 2.00 bits per heavy atom. The average Bonchev–Trinajstić information content (AvgIpc) is 3.55. The molecule has 2 aliphatic rings. The van der Waals surface area contributed by atoms with E-state index in [4.69, 9.17) is 0 Å². The van der Waals surface area contributed by atoms with Gasteiger partial charge in [0.15, 0.2) is 0 Å². The molecule has 2 amide bonds. The van der Waals surface area contributed by atoms with E-state index in [-0.39, 0.29) is 4.90 Å². The second kappa shape index (κ2) is 8.77. The van der Waals surface area contributed by atoms with Gasteiger partial charge in [-0.15, -0.1) is 0 Å². The fourth-order valence-corrected chi connectivity index (χ4v) is 6.18. The fourth-order valence-electron chi connectivity index (χ4n) is 5.32. The van der Waals surface area contributed by atoms with Gasteiger partial charge in [0.1, 0.15) is 4.90 Å². The van der Waals surface area contributed by atoms with Crippen LogP contribution in [0.3, 0.4) is 0 Å². The third kappa shape index (κ3) is 4.15. The number of rotatable bonds is 6. The van der Waals surface area contributed by atoms with Crippen molar-refractivity contribution in [1.29, 1.82) is 0 Å². The number of fused-ring (bicyclic) bond motifs is 2. The highest BCUT2D eigenvalue weighted by Crippen LogP contribution is 2.40. The molecule has 10 heteroatoms. The Labute approximate surface area is 209 Å². The number of amides is 2. The molecule has 1 saturated carbocycles. The van der Waals surface area contributed by atoms with Crippen molar-refractivity contribution in [2.24, 2.45) is 5.92 Å². The molecular weight excluding hydrogens is 476 g/mol. The van der Waals surface area contributed by atoms with E-state index in [1.54, 1.807) is 15.4 Å². The van der Waals surface area contributed by atoms with Crippen molar-refractivity contribution in [1.82, 2.24) is 24.1 Å². The van der Waals surface area contributed by atoms with Crippen LogP contribution in [0.25, 0.3) is 16.6 Å². The molecule has 2 N–H and O–H groups in total. The summed E-state index contributed by atoms with van der Waals surface area (Å²) in [6.07, 6.45) is 12.7. The lowest BCUT2D eigenvalue weighted by atomic mass is 9.85. The van der Waals surface area contributed by atoms with Crippen LogP contribution >= 0.6 is 0 Å². The number of benzene rings is 1. The Kier molecular flexibility index (Phi) is 5.55. The minimum atomic E-state index is -4.06. The number of nitrogens with one attached hydrogen (secondary N) is 2. The molecule has 0 saturated heterocycles. The monoisotopic (exact) mass is 504 g/mol. The van der Waals surface area contributed by atoms with Crippen LogP contribution in [-0.2, 0) is 29.4 Å². The van der Waals surface area contributed by atoms with Crippen LogP contribution in [0.15, 0.2) is 53.9 Å². The molecule has 0 radical (unpaired) electrons. The van der Waals surface area contributed by atoms with Gasteiger partial charge in [-0.2, -0.15) is 10.2 Å². The van der Waals surface area contributed by atoms with Crippen LogP contribution < -0.4 is 10.0 Å². The Hall–Kier alpha value is -3.66. The molecule has 3 aromatic heterocycles. The molecule has 2 aliphatic carbocycles. The second-order valence-electron chi connectivity index (χ2n) is 9.81. The lowest BCUT2D eigenvalue weighted by molar-refractivity contribution is 0.256. The van der Waals surface area contributed by atoms with E-state index in [2.05, 4.69) is 26.3 Å². The number of hydrogen-bond donors (Lipinski definition) is 2. The number of aromatic nitrogens is 4. The molecule has 0 bridgehead atoms. The zero-order valence-electron chi connectivity index (χ0n) is 20.1. The molecular formula is C26H28N6O3S. The van der Waals surface area contributed by atoms with E-state index in [9.17, 15) is 13.2 Å². The van der Waals surface area contributed by atoms with E-state index in [1.807, 2.05) is 31.3 Å². The number of anilines is 1. The molecule has 6 rings (SSSR count). The van der Waals surface area contributed by atoms with Crippen LogP contribution in [0.4, 0.5) is 10.5 Å². The molecule has 0 aliphatic heterocycles. The summed E-state index contributed by atoms with van der Waals surface area (Å²) < 4.78 is 31.5. The summed E-state index contributed by atoms with van der Waals surface area (Å²) >= 11 is 0. The topological polar surface area (TPSA) is 110 Å². The van der Waals surface area contributed by atoms with Crippen molar-refractivity contribution < 1.29 is 13.2 Å². The van der Waals surface area contributed by atoms with E-state index in [0.29, 0.717) is 18.2 Å². The van der Waals surface area contributed by atoms with Gasteiger partial charge in [0.2, 0.25) is 0 Å². The van der Waals surface area contributed by atoms with Crippen molar-refractivity contribution in [3.63, 3.8) is 0 Å². The number of carbonyl (C=O) groups excluding carboxylic acids is 1. The standard InChI is InChI=1S/C26H28N6O3S/c1-17-12-19-6-3-7-23(19)25(24(17)20-9-11-32-21(13-20)8-10-27-32)29-26(33)30-36(34,35)22-14-28-31(16-22)15-18-4-2-5-18/h8-14,16,18H,2-7,15H2,1H3,(H2,29,30,33). The predicted octanol–water partition coefficient (Wildman–Crippen LogP) is 4.31. The second-order valence-corrected chi connectivity index (χ2v) is 11.5. The van der Waals surface area contributed by atoms with Crippen LogP contribution in [0.1, 0.15) is 42.4 Å². The van der Waals surface area contributed by atoms with Gasteiger partial charge >= 0.3 is 6.03 Å². The molecule has 1 fully saturated rings. The first-order valence-electron chi connectivity index (χ1n) is 12.3. The van der Waals surface area contributed by atoms with Crippen molar-refractivity contribution in [2.45, 2.75) is 56.9 Å².